The largest absolute Gasteiger partial charge is 0.503 e. The number of ether oxygens (including phenoxy) is 1. The average Bonchev–Trinajstić information content (AvgIpc) is 3.59. The summed E-state index contributed by atoms with van der Waals surface area (Å²) < 4.78 is 11.3. The summed E-state index contributed by atoms with van der Waals surface area (Å²) in [6.45, 7) is 0.115. The van der Waals surface area contributed by atoms with Crippen molar-refractivity contribution in [2.45, 2.75) is 12.6 Å². The molecule has 7 heteroatoms. The number of amides is 1. The fourth-order valence-corrected chi connectivity index (χ4v) is 4.53. The molecule has 2 aromatic heterocycles. The minimum Gasteiger partial charge on any atom is -0.503 e. The van der Waals surface area contributed by atoms with E-state index in [4.69, 9.17) is 9.15 Å². The number of nitrogens with zero attached hydrogens (tertiary/aromatic N) is 1. The van der Waals surface area contributed by atoms with Crippen LogP contribution < -0.4 is 4.74 Å². The van der Waals surface area contributed by atoms with Gasteiger partial charge in [0, 0.05) is 0 Å². The molecule has 0 radical (unpaired) electrons. The maximum absolute atomic E-state index is 13.3. The first-order valence-corrected chi connectivity index (χ1v) is 11.2. The van der Waals surface area contributed by atoms with Gasteiger partial charge < -0.3 is 19.2 Å². The van der Waals surface area contributed by atoms with Crippen molar-refractivity contribution in [1.29, 1.82) is 0 Å². The summed E-state index contributed by atoms with van der Waals surface area (Å²) in [5.74, 6) is 0.357. The number of aliphatic hydroxyl groups excluding tert-OH is 1. The van der Waals surface area contributed by atoms with Gasteiger partial charge in [0.2, 0.25) is 5.78 Å². The zero-order valence-electron chi connectivity index (χ0n) is 17.4. The van der Waals surface area contributed by atoms with E-state index in [1.54, 1.807) is 53.9 Å². The number of carbonyl (C=O) groups excluding carboxylic acids is 2. The van der Waals surface area contributed by atoms with Crippen LogP contribution in [0.1, 0.15) is 27.0 Å². The number of furan rings is 1. The molecule has 0 saturated carbocycles. The molecular formula is C26H19NO5S. The van der Waals surface area contributed by atoms with Crippen molar-refractivity contribution in [3.8, 4) is 11.5 Å². The second-order valence-corrected chi connectivity index (χ2v) is 8.42. The van der Waals surface area contributed by atoms with Crippen LogP contribution in [0.5, 0.6) is 11.5 Å². The van der Waals surface area contributed by atoms with Gasteiger partial charge in [-0.3, -0.25) is 9.59 Å². The molecule has 1 atom stereocenters. The Bertz CT molecular complexity index is 1290. The zero-order valence-corrected chi connectivity index (χ0v) is 18.2. The lowest BCUT2D eigenvalue weighted by Gasteiger charge is -2.26. The minimum atomic E-state index is -0.761. The Labute approximate surface area is 194 Å². The number of para-hydroxylation sites is 1. The smallest absolute Gasteiger partial charge is 0.290 e. The van der Waals surface area contributed by atoms with Crippen LogP contribution in [0.3, 0.4) is 0 Å². The molecule has 2 aromatic carbocycles. The van der Waals surface area contributed by atoms with E-state index in [1.165, 1.54) is 22.5 Å². The molecular weight excluding hydrogens is 438 g/mol. The quantitative estimate of drug-likeness (QED) is 0.349. The van der Waals surface area contributed by atoms with Gasteiger partial charge in [-0.15, -0.1) is 11.3 Å². The van der Waals surface area contributed by atoms with E-state index in [0.717, 1.165) is 0 Å². The van der Waals surface area contributed by atoms with Gasteiger partial charge in [0.05, 0.1) is 29.3 Å². The molecule has 4 aromatic rings. The normalized spacial score (nSPS) is 15.8. The molecule has 0 fully saturated rings. The van der Waals surface area contributed by atoms with E-state index < -0.39 is 17.7 Å². The highest BCUT2D eigenvalue weighted by Crippen LogP contribution is 2.41. The van der Waals surface area contributed by atoms with Gasteiger partial charge in [-0.2, -0.15) is 0 Å². The van der Waals surface area contributed by atoms with Gasteiger partial charge in [0.25, 0.3) is 5.91 Å². The predicted octanol–water partition coefficient (Wildman–Crippen LogP) is 5.91. The number of aliphatic hydroxyl groups is 1. The lowest BCUT2D eigenvalue weighted by atomic mass is 9.95. The fourth-order valence-electron chi connectivity index (χ4n) is 3.85. The third-order valence-corrected chi connectivity index (χ3v) is 6.24. The topological polar surface area (TPSA) is 80.0 Å². The van der Waals surface area contributed by atoms with E-state index in [-0.39, 0.29) is 17.9 Å². The lowest BCUT2D eigenvalue weighted by Crippen LogP contribution is -2.30. The summed E-state index contributed by atoms with van der Waals surface area (Å²) in [6.07, 6.45) is 1.52. The summed E-state index contributed by atoms with van der Waals surface area (Å²) in [5, 5.41) is 12.5. The average molecular weight is 458 g/mol. The first kappa shape index (κ1) is 20.8. The molecule has 5 rings (SSSR count). The Balaban J connectivity index is 1.51. The monoisotopic (exact) mass is 457 g/mol. The molecule has 0 aliphatic carbocycles. The van der Waals surface area contributed by atoms with Crippen molar-refractivity contribution >= 4 is 23.0 Å². The molecule has 1 aliphatic heterocycles. The van der Waals surface area contributed by atoms with E-state index in [1.807, 2.05) is 30.3 Å². The van der Waals surface area contributed by atoms with Crippen molar-refractivity contribution in [2.75, 3.05) is 0 Å². The Kier molecular flexibility index (Phi) is 5.54. The Morgan fingerprint density at radius 1 is 0.970 bits per heavy atom. The fraction of sp³-hybridized carbons (Fsp3) is 0.0769. The number of hydrogen-bond acceptors (Lipinski definition) is 6. The number of ketones is 1. The molecule has 1 unspecified atom stereocenters. The summed E-state index contributed by atoms with van der Waals surface area (Å²) in [7, 11) is 0. The molecule has 0 spiro atoms. The van der Waals surface area contributed by atoms with Crippen LogP contribution >= 0.6 is 11.3 Å². The third-order valence-electron chi connectivity index (χ3n) is 5.37. The van der Waals surface area contributed by atoms with Crippen molar-refractivity contribution in [3.05, 3.63) is 118 Å². The maximum atomic E-state index is 13.3. The molecule has 1 aliphatic rings. The summed E-state index contributed by atoms with van der Waals surface area (Å²) in [6, 6.07) is 22.7. The van der Waals surface area contributed by atoms with Gasteiger partial charge in [-0.1, -0.05) is 36.4 Å². The van der Waals surface area contributed by atoms with Gasteiger partial charge in [-0.25, -0.2) is 0 Å². The Morgan fingerprint density at radius 2 is 1.73 bits per heavy atom. The number of thiophene rings is 1. The number of Topliss-reactive ketones (excluding diaryl/α,β-unsaturated/α-hetero) is 1. The van der Waals surface area contributed by atoms with Crippen molar-refractivity contribution in [3.63, 3.8) is 0 Å². The number of rotatable bonds is 7. The Morgan fingerprint density at radius 3 is 2.39 bits per heavy atom. The van der Waals surface area contributed by atoms with E-state index in [9.17, 15) is 14.7 Å². The van der Waals surface area contributed by atoms with Crippen molar-refractivity contribution in [1.82, 2.24) is 4.90 Å². The van der Waals surface area contributed by atoms with E-state index >= 15 is 0 Å². The lowest BCUT2D eigenvalue weighted by molar-refractivity contribution is -0.130. The molecule has 164 valence electrons. The van der Waals surface area contributed by atoms with Crippen LogP contribution in [-0.4, -0.2) is 21.7 Å². The molecule has 33 heavy (non-hydrogen) atoms. The minimum absolute atomic E-state index is 0.0609. The highest BCUT2D eigenvalue weighted by Gasteiger charge is 2.44. The van der Waals surface area contributed by atoms with E-state index in [0.29, 0.717) is 27.7 Å². The SMILES string of the molecule is O=C(C1=C(O)C(=O)N(Cc2ccco2)C1c1ccc(Oc2ccccc2)cc1)c1cccs1. The van der Waals surface area contributed by atoms with Gasteiger partial charge >= 0.3 is 0 Å². The van der Waals surface area contributed by atoms with Crippen molar-refractivity contribution < 1.29 is 23.8 Å². The van der Waals surface area contributed by atoms with Gasteiger partial charge in [-0.05, 0) is 53.4 Å². The number of hydrogen-bond donors (Lipinski definition) is 1. The summed E-state index contributed by atoms with van der Waals surface area (Å²) >= 11 is 1.27. The highest BCUT2D eigenvalue weighted by atomic mass is 32.1. The second kappa shape index (κ2) is 8.80. The molecule has 3 heterocycles. The third kappa shape index (κ3) is 4.06. The Hall–Kier alpha value is -4.10. The first-order valence-electron chi connectivity index (χ1n) is 10.3. The summed E-state index contributed by atoms with van der Waals surface area (Å²) in [4.78, 5) is 28.2. The van der Waals surface area contributed by atoms with Crippen LogP contribution in [0.15, 0.2) is 106 Å². The van der Waals surface area contributed by atoms with Crippen LogP contribution in [-0.2, 0) is 11.3 Å². The zero-order chi connectivity index (χ0) is 22.8. The van der Waals surface area contributed by atoms with Crippen LogP contribution in [0.25, 0.3) is 0 Å². The van der Waals surface area contributed by atoms with Gasteiger partial charge in [0.15, 0.2) is 5.76 Å². The summed E-state index contributed by atoms with van der Waals surface area (Å²) in [5.41, 5.74) is 0.741. The standard InChI is InChI=1S/C26H19NO5S/c28-24(21-9-5-15-33-21)22-23(27(26(30)25(22)29)16-20-8-4-14-31-20)17-10-12-19(13-11-17)32-18-6-2-1-3-7-18/h1-15,23,29H,16H2. The van der Waals surface area contributed by atoms with Crippen LogP contribution in [0.4, 0.5) is 0 Å². The number of carbonyl (C=O) groups is 2. The van der Waals surface area contributed by atoms with Gasteiger partial charge in [0.1, 0.15) is 17.3 Å². The molecule has 1 N–H and O–H groups in total. The molecule has 6 nitrogen and oxygen atoms in total. The second-order valence-electron chi connectivity index (χ2n) is 7.47. The van der Waals surface area contributed by atoms with Crippen LogP contribution in [0, 0.1) is 0 Å². The molecule has 0 saturated heterocycles. The first-order chi connectivity index (χ1) is 16.1. The van der Waals surface area contributed by atoms with E-state index in [2.05, 4.69) is 0 Å². The van der Waals surface area contributed by atoms with Crippen LogP contribution in [0.2, 0.25) is 0 Å². The maximum Gasteiger partial charge on any atom is 0.290 e. The predicted molar refractivity (Wildman–Crippen MR) is 123 cm³/mol. The molecule has 1 amide bonds. The highest BCUT2D eigenvalue weighted by molar-refractivity contribution is 7.12. The van der Waals surface area contributed by atoms with Crippen molar-refractivity contribution in [2.24, 2.45) is 0 Å². The number of benzene rings is 2. The molecule has 0 bridgehead atoms.